The van der Waals surface area contributed by atoms with Crippen molar-refractivity contribution in [3.63, 3.8) is 0 Å². The van der Waals surface area contributed by atoms with Crippen LogP contribution in [-0.2, 0) is 15.1 Å². The Morgan fingerprint density at radius 2 is 2.00 bits per heavy atom. The lowest BCUT2D eigenvalue weighted by molar-refractivity contribution is -0.190. The lowest BCUT2D eigenvalue weighted by Gasteiger charge is -2.58. The Morgan fingerprint density at radius 1 is 1.37 bits per heavy atom. The second-order valence-corrected chi connectivity index (χ2v) is 9.35. The Morgan fingerprint density at radius 3 is 2.44 bits per heavy atom. The number of carbonyl (C=O) groups excluding carboxylic acids is 1. The van der Waals surface area contributed by atoms with Crippen LogP contribution in [0, 0.1) is 5.41 Å². The molecule has 2 N–H and O–H groups in total. The summed E-state index contributed by atoms with van der Waals surface area (Å²) in [4.78, 5) is 25.0. The first-order chi connectivity index (χ1) is 12.4. The maximum Gasteiger partial charge on any atom is 0.330 e. The molecule has 2 unspecified atom stereocenters. The monoisotopic (exact) mass is 377 g/mol. The van der Waals surface area contributed by atoms with E-state index < -0.39 is 22.8 Å². The van der Waals surface area contributed by atoms with Gasteiger partial charge in [0.2, 0.25) is 0 Å². The van der Waals surface area contributed by atoms with Gasteiger partial charge in [-0.2, -0.15) is 5.10 Å². The number of aromatic nitrogens is 2. The second-order valence-electron chi connectivity index (χ2n) is 9.35. The SMILES string of the molecule is CCOC1CC(NC(=O)c2cc(C3CC3)n(C(C)(C)C)n2)(C(=O)O)C1(C)C. The van der Waals surface area contributed by atoms with Crippen LogP contribution in [0.2, 0.25) is 0 Å². The van der Waals surface area contributed by atoms with Crippen LogP contribution >= 0.6 is 0 Å². The van der Waals surface area contributed by atoms with Crippen molar-refractivity contribution >= 4 is 11.9 Å². The molecule has 2 saturated carbocycles. The first kappa shape index (κ1) is 19.9. The van der Waals surface area contributed by atoms with Gasteiger partial charge in [-0.25, -0.2) is 4.79 Å². The highest BCUT2D eigenvalue weighted by molar-refractivity contribution is 5.97. The Kier molecular flexibility index (Phi) is 4.65. The maximum absolute atomic E-state index is 13.0. The zero-order valence-electron chi connectivity index (χ0n) is 17.1. The van der Waals surface area contributed by atoms with Crippen LogP contribution in [0.25, 0.3) is 0 Å². The number of carboxylic acids is 1. The smallest absolute Gasteiger partial charge is 0.330 e. The van der Waals surface area contributed by atoms with Crippen LogP contribution in [0.1, 0.15) is 82.9 Å². The number of hydrogen-bond acceptors (Lipinski definition) is 4. The normalized spacial score (nSPS) is 27.1. The highest BCUT2D eigenvalue weighted by Gasteiger charge is 2.66. The zero-order valence-corrected chi connectivity index (χ0v) is 17.1. The predicted octanol–water partition coefficient (Wildman–Crippen LogP) is 2.90. The van der Waals surface area contributed by atoms with Gasteiger partial charge < -0.3 is 15.2 Å². The van der Waals surface area contributed by atoms with Gasteiger partial charge >= 0.3 is 5.97 Å². The first-order valence-corrected chi connectivity index (χ1v) is 9.72. The third-order valence-corrected chi connectivity index (χ3v) is 6.06. The summed E-state index contributed by atoms with van der Waals surface area (Å²) in [6.45, 7) is 12.2. The minimum absolute atomic E-state index is 0.201. The molecule has 0 spiro atoms. The van der Waals surface area contributed by atoms with Crippen LogP contribution < -0.4 is 5.32 Å². The van der Waals surface area contributed by atoms with E-state index >= 15 is 0 Å². The lowest BCUT2D eigenvalue weighted by atomic mass is 9.54. The van der Waals surface area contributed by atoms with Gasteiger partial charge in [-0.15, -0.1) is 0 Å². The summed E-state index contributed by atoms with van der Waals surface area (Å²) >= 11 is 0. The molecule has 2 aliphatic carbocycles. The Balaban J connectivity index is 1.87. The fourth-order valence-electron chi connectivity index (χ4n) is 4.01. The Bertz CT molecular complexity index is 758. The van der Waals surface area contributed by atoms with Crippen molar-refractivity contribution in [2.24, 2.45) is 5.41 Å². The van der Waals surface area contributed by atoms with Crippen LogP contribution in [-0.4, -0.2) is 45.0 Å². The van der Waals surface area contributed by atoms with Gasteiger partial charge in [-0.3, -0.25) is 9.48 Å². The molecule has 27 heavy (non-hydrogen) atoms. The third-order valence-electron chi connectivity index (χ3n) is 6.06. The average Bonchev–Trinajstić information content (AvgIpc) is 3.29. The first-order valence-electron chi connectivity index (χ1n) is 9.72. The molecule has 2 fully saturated rings. The summed E-state index contributed by atoms with van der Waals surface area (Å²) in [5.41, 5.74) is -0.970. The predicted molar refractivity (Wildman–Crippen MR) is 101 cm³/mol. The summed E-state index contributed by atoms with van der Waals surface area (Å²) < 4.78 is 7.56. The van der Waals surface area contributed by atoms with E-state index in [-0.39, 0.29) is 23.8 Å². The van der Waals surface area contributed by atoms with E-state index in [4.69, 9.17) is 4.74 Å². The Hall–Kier alpha value is -1.89. The van der Waals surface area contributed by atoms with E-state index in [1.165, 1.54) is 0 Å². The van der Waals surface area contributed by atoms with E-state index in [0.717, 1.165) is 18.5 Å². The molecular weight excluding hydrogens is 346 g/mol. The molecule has 0 aliphatic heterocycles. The number of amides is 1. The van der Waals surface area contributed by atoms with Crippen LogP contribution in [0.15, 0.2) is 6.07 Å². The number of carbonyl (C=O) groups is 2. The van der Waals surface area contributed by atoms with E-state index in [0.29, 0.717) is 12.5 Å². The van der Waals surface area contributed by atoms with E-state index in [1.807, 2.05) is 52.3 Å². The van der Waals surface area contributed by atoms with E-state index in [9.17, 15) is 14.7 Å². The molecule has 150 valence electrons. The summed E-state index contributed by atoms with van der Waals surface area (Å²) in [5.74, 6) is -1.03. The van der Waals surface area contributed by atoms with Crippen molar-refractivity contribution in [2.45, 2.75) is 83.9 Å². The van der Waals surface area contributed by atoms with Crippen LogP contribution in [0.4, 0.5) is 0 Å². The maximum atomic E-state index is 13.0. The molecular formula is C20H31N3O4. The fourth-order valence-corrected chi connectivity index (χ4v) is 4.01. The highest BCUT2D eigenvalue weighted by atomic mass is 16.5. The number of hydrogen-bond donors (Lipinski definition) is 2. The second kappa shape index (κ2) is 6.33. The van der Waals surface area contributed by atoms with Crippen molar-refractivity contribution in [3.05, 3.63) is 17.5 Å². The number of nitrogens with one attached hydrogen (secondary N) is 1. The van der Waals surface area contributed by atoms with Crippen molar-refractivity contribution in [3.8, 4) is 0 Å². The van der Waals surface area contributed by atoms with E-state index in [2.05, 4.69) is 10.4 Å². The number of ether oxygens (including phenoxy) is 1. The zero-order chi connectivity index (χ0) is 20.2. The highest BCUT2D eigenvalue weighted by Crippen LogP contribution is 2.51. The number of aliphatic carboxylic acids is 1. The minimum Gasteiger partial charge on any atom is -0.479 e. The van der Waals surface area contributed by atoms with Gasteiger partial charge in [0.25, 0.3) is 5.91 Å². The van der Waals surface area contributed by atoms with Gasteiger partial charge in [0.1, 0.15) is 5.54 Å². The van der Waals surface area contributed by atoms with Gasteiger partial charge in [-0.1, -0.05) is 13.8 Å². The molecule has 0 aromatic carbocycles. The van der Waals surface area contributed by atoms with Gasteiger partial charge in [0.15, 0.2) is 5.69 Å². The quantitative estimate of drug-likeness (QED) is 0.795. The van der Waals surface area contributed by atoms with Crippen molar-refractivity contribution in [1.29, 1.82) is 0 Å². The molecule has 0 radical (unpaired) electrons. The summed E-state index contributed by atoms with van der Waals surface area (Å²) in [5, 5.41) is 17.2. The molecule has 1 heterocycles. The van der Waals surface area contributed by atoms with Gasteiger partial charge in [0.05, 0.1) is 11.6 Å². The fraction of sp³-hybridized carbons (Fsp3) is 0.750. The largest absolute Gasteiger partial charge is 0.479 e. The third kappa shape index (κ3) is 3.16. The van der Waals surface area contributed by atoms with E-state index in [1.54, 1.807) is 0 Å². The van der Waals surface area contributed by atoms with Crippen LogP contribution in [0.3, 0.4) is 0 Å². The molecule has 3 rings (SSSR count). The summed E-state index contributed by atoms with van der Waals surface area (Å²) in [6.07, 6.45) is 2.26. The number of rotatable bonds is 6. The minimum atomic E-state index is -1.35. The molecule has 7 nitrogen and oxygen atoms in total. The molecule has 2 aliphatic rings. The molecule has 1 aromatic heterocycles. The molecule has 1 aromatic rings. The molecule has 0 saturated heterocycles. The van der Waals surface area contributed by atoms with Crippen molar-refractivity contribution in [1.82, 2.24) is 15.1 Å². The van der Waals surface area contributed by atoms with Crippen LogP contribution in [0.5, 0.6) is 0 Å². The number of carboxylic acid groups (broad SMARTS) is 1. The van der Waals surface area contributed by atoms with Gasteiger partial charge in [-0.05, 0) is 46.6 Å². The topological polar surface area (TPSA) is 93.5 Å². The van der Waals surface area contributed by atoms with Gasteiger partial charge in [0, 0.05) is 30.1 Å². The van der Waals surface area contributed by atoms with Crippen molar-refractivity contribution < 1.29 is 19.4 Å². The molecule has 1 amide bonds. The summed E-state index contributed by atoms with van der Waals surface area (Å²) in [6, 6.07) is 1.82. The summed E-state index contributed by atoms with van der Waals surface area (Å²) in [7, 11) is 0. The lowest BCUT2D eigenvalue weighted by Crippen LogP contribution is -2.76. The van der Waals surface area contributed by atoms with Crippen molar-refractivity contribution in [2.75, 3.05) is 6.61 Å². The molecule has 0 bridgehead atoms. The number of nitrogens with zero attached hydrogens (tertiary/aromatic N) is 2. The Labute approximate surface area is 160 Å². The average molecular weight is 377 g/mol. The molecule has 2 atom stereocenters. The molecule has 7 heteroatoms. The standard InChI is InChI=1S/C20H31N3O4/c1-7-27-15-11-20(17(25)26,19(15,5)6)21-16(24)13-10-14(12-8-9-12)23(22-13)18(2,3)4/h10,12,15H,7-9,11H2,1-6H3,(H,21,24)(H,25,26).